The van der Waals surface area contributed by atoms with Crippen molar-refractivity contribution < 1.29 is 0 Å². The third kappa shape index (κ3) is 1.17. The van der Waals surface area contributed by atoms with Crippen molar-refractivity contribution in [3.8, 4) is 0 Å². The van der Waals surface area contributed by atoms with E-state index in [0.717, 1.165) is 17.7 Å². The van der Waals surface area contributed by atoms with Gasteiger partial charge in [0.2, 0.25) is 0 Å². The van der Waals surface area contributed by atoms with Crippen molar-refractivity contribution in [2.75, 3.05) is 5.88 Å². The van der Waals surface area contributed by atoms with Gasteiger partial charge in [0, 0.05) is 5.88 Å². The lowest BCUT2D eigenvalue weighted by molar-refractivity contribution is 0.462. The highest BCUT2D eigenvalue weighted by Crippen LogP contribution is 2.31. The van der Waals surface area contributed by atoms with E-state index >= 15 is 0 Å². The quantitative estimate of drug-likeness (QED) is 0.482. The molecule has 1 saturated carbocycles. The second-order valence-electron chi connectivity index (χ2n) is 2.82. The van der Waals surface area contributed by atoms with E-state index in [2.05, 4.69) is 6.92 Å². The van der Waals surface area contributed by atoms with Gasteiger partial charge in [-0.25, -0.2) is 0 Å². The van der Waals surface area contributed by atoms with Gasteiger partial charge in [0.05, 0.1) is 0 Å². The molecule has 48 valence electrons. The van der Waals surface area contributed by atoms with E-state index in [1.54, 1.807) is 0 Å². The Morgan fingerprint density at radius 2 is 2.25 bits per heavy atom. The maximum atomic E-state index is 5.70. The summed E-state index contributed by atoms with van der Waals surface area (Å²) < 4.78 is 0. The van der Waals surface area contributed by atoms with Crippen molar-refractivity contribution >= 4 is 11.6 Å². The number of alkyl halides is 1. The van der Waals surface area contributed by atoms with E-state index in [-0.39, 0.29) is 0 Å². The predicted octanol–water partition coefficient (Wildman–Crippen LogP) is 2.66. The minimum atomic E-state index is 0.830. The van der Waals surface area contributed by atoms with Crippen LogP contribution in [0.4, 0.5) is 0 Å². The van der Waals surface area contributed by atoms with Crippen LogP contribution in [-0.4, -0.2) is 5.88 Å². The normalized spacial score (nSPS) is 38.2. The van der Waals surface area contributed by atoms with E-state index in [4.69, 9.17) is 11.6 Å². The molecule has 0 aromatic heterocycles. The molecule has 0 radical (unpaired) electrons. The summed E-state index contributed by atoms with van der Waals surface area (Å²) in [4.78, 5) is 0. The molecule has 0 bridgehead atoms. The number of halogens is 1. The lowest BCUT2D eigenvalue weighted by atomic mass is 10.0. The third-order valence-electron chi connectivity index (χ3n) is 2.24. The summed E-state index contributed by atoms with van der Waals surface area (Å²) in [5.41, 5.74) is 0. The minimum absolute atomic E-state index is 0.830. The molecule has 1 aliphatic rings. The van der Waals surface area contributed by atoms with Crippen LogP contribution in [0, 0.1) is 11.8 Å². The molecule has 0 amide bonds. The lowest BCUT2D eigenvalue weighted by Crippen LogP contribution is -2.04. The summed E-state index contributed by atoms with van der Waals surface area (Å²) in [6.45, 7) is 2.31. The van der Waals surface area contributed by atoms with Crippen molar-refractivity contribution in [3.63, 3.8) is 0 Å². The van der Waals surface area contributed by atoms with Gasteiger partial charge in [0.25, 0.3) is 0 Å². The van der Waals surface area contributed by atoms with Crippen LogP contribution in [0.3, 0.4) is 0 Å². The van der Waals surface area contributed by atoms with Gasteiger partial charge in [-0.15, -0.1) is 11.6 Å². The topological polar surface area (TPSA) is 0 Å². The van der Waals surface area contributed by atoms with Gasteiger partial charge < -0.3 is 0 Å². The Bertz CT molecular complexity index is 70.8. The van der Waals surface area contributed by atoms with Gasteiger partial charge in [-0.3, -0.25) is 0 Å². The summed E-state index contributed by atoms with van der Waals surface area (Å²) in [5, 5.41) is 0. The van der Waals surface area contributed by atoms with Gasteiger partial charge in [-0.2, -0.15) is 0 Å². The Kier molecular flexibility index (Phi) is 2.18. The van der Waals surface area contributed by atoms with Gasteiger partial charge in [0.15, 0.2) is 0 Å². The summed E-state index contributed by atoms with van der Waals surface area (Å²) in [6, 6.07) is 0. The molecule has 0 aromatic rings. The standard InChI is InChI=1S/C7H13Cl/c1-6-3-2-4-7(6)5-8/h6-7H,2-5H2,1H3/t6-,7+/m1/s1. The highest BCUT2D eigenvalue weighted by atomic mass is 35.5. The molecule has 2 atom stereocenters. The number of hydrogen-bond acceptors (Lipinski definition) is 0. The SMILES string of the molecule is C[C@@H]1CCC[C@H]1CCl. The molecule has 0 saturated heterocycles. The molecule has 0 spiro atoms. The Balaban J connectivity index is 2.30. The van der Waals surface area contributed by atoms with Crippen LogP contribution in [0.1, 0.15) is 26.2 Å². The molecule has 0 N–H and O–H groups in total. The Hall–Kier alpha value is 0.290. The van der Waals surface area contributed by atoms with Crippen LogP contribution < -0.4 is 0 Å². The van der Waals surface area contributed by atoms with E-state index < -0.39 is 0 Å². The fraction of sp³-hybridized carbons (Fsp3) is 1.00. The molecular formula is C7H13Cl. The van der Waals surface area contributed by atoms with E-state index in [0.29, 0.717) is 0 Å². The summed E-state index contributed by atoms with van der Waals surface area (Å²) >= 11 is 5.70. The first-order chi connectivity index (χ1) is 3.84. The zero-order valence-corrected chi connectivity index (χ0v) is 6.12. The maximum Gasteiger partial charge on any atom is 0.0254 e. The number of hydrogen-bond donors (Lipinski definition) is 0. The molecule has 0 aromatic carbocycles. The van der Waals surface area contributed by atoms with Crippen molar-refractivity contribution in [2.24, 2.45) is 11.8 Å². The molecule has 1 rings (SSSR count). The zero-order valence-electron chi connectivity index (χ0n) is 5.36. The lowest BCUT2D eigenvalue weighted by Gasteiger charge is -2.08. The van der Waals surface area contributed by atoms with Crippen molar-refractivity contribution in [1.29, 1.82) is 0 Å². The molecule has 0 nitrogen and oxygen atoms in total. The second kappa shape index (κ2) is 2.72. The fourth-order valence-electron chi connectivity index (χ4n) is 1.45. The van der Waals surface area contributed by atoms with Crippen LogP contribution in [-0.2, 0) is 0 Å². The summed E-state index contributed by atoms with van der Waals surface area (Å²) in [5.74, 6) is 2.60. The maximum absolute atomic E-state index is 5.70. The largest absolute Gasteiger partial charge is 0.126 e. The molecular weight excluding hydrogens is 120 g/mol. The first-order valence-electron chi connectivity index (χ1n) is 3.40. The number of rotatable bonds is 1. The summed E-state index contributed by atoms with van der Waals surface area (Å²) in [7, 11) is 0. The Morgan fingerprint density at radius 3 is 2.50 bits per heavy atom. The Morgan fingerprint density at radius 1 is 1.50 bits per heavy atom. The first kappa shape index (κ1) is 6.41. The van der Waals surface area contributed by atoms with Gasteiger partial charge in [0.1, 0.15) is 0 Å². The molecule has 0 aliphatic heterocycles. The van der Waals surface area contributed by atoms with Crippen LogP contribution in [0.2, 0.25) is 0 Å². The van der Waals surface area contributed by atoms with Gasteiger partial charge >= 0.3 is 0 Å². The van der Waals surface area contributed by atoms with E-state index in [9.17, 15) is 0 Å². The van der Waals surface area contributed by atoms with Crippen molar-refractivity contribution in [3.05, 3.63) is 0 Å². The van der Waals surface area contributed by atoms with Gasteiger partial charge in [-0.1, -0.05) is 19.8 Å². The molecule has 0 heterocycles. The Labute approximate surface area is 56.2 Å². The average Bonchev–Trinajstić information content (AvgIpc) is 2.14. The van der Waals surface area contributed by atoms with Crippen LogP contribution in [0.15, 0.2) is 0 Å². The van der Waals surface area contributed by atoms with Crippen LogP contribution in [0.25, 0.3) is 0 Å². The summed E-state index contributed by atoms with van der Waals surface area (Å²) in [6.07, 6.45) is 4.17. The van der Waals surface area contributed by atoms with E-state index in [1.807, 2.05) is 0 Å². The molecule has 1 aliphatic carbocycles. The second-order valence-corrected chi connectivity index (χ2v) is 3.13. The first-order valence-corrected chi connectivity index (χ1v) is 3.94. The van der Waals surface area contributed by atoms with Crippen molar-refractivity contribution in [2.45, 2.75) is 26.2 Å². The fourth-order valence-corrected chi connectivity index (χ4v) is 1.91. The molecule has 0 unspecified atom stereocenters. The predicted molar refractivity (Wildman–Crippen MR) is 37.2 cm³/mol. The average molecular weight is 133 g/mol. The smallest absolute Gasteiger partial charge is 0.0254 e. The zero-order chi connectivity index (χ0) is 5.98. The third-order valence-corrected chi connectivity index (χ3v) is 2.63. The van der Waals surface area contributed by atoms with Crippen LogP contribution in [0.5, 0.6) is 0 Å². The monoisotopic (exact) mass is 132 g/mol. The van der Waals surface area contributed by atoms with Crippen molar-refractivity contribution in [1.82, 2.24) is 0 Å². The van der Waals surface area contributed by atoms with Crippen LogP contribution >= 0.6 is 11.6 Å². The molecule has 8 heavy (non-hydrogen) atoms. The highest BCUT2D eigenvalue weighted by Gasteiger charge is 2.21. The van der Waals surface area contributed by atoms with Gasteiger partial charge in [-0.05, 0) is 18.3 Å². The molecule has 1 heteroatoms. The van der Waals surface area contributed by atoms with E-state index in [1.165, 1.54) is 19.3 Å². The highest BCUT2D eigenvalue weighted by molar-refractivity contribution is 6.18. The minimum Gasteiger partial charge on any atom is -0.126 e. The molecule has 1 fully saturated rings.